The second-order valence-electron chi connectivity index (χ2n) is 12.5. The molecule has 0 bridgehead atoms. The Morgan fingerprint density at radius 2 is 1.08 bits per heavy atom. The highest BCUT2D eigenvalue weighted by atomic mass is 16.6. The van der Waals surface area contributed by atoms with E-state index < -0.39 is 46.3 Å². The first-order valence-electron chi connectivity index (χ1n) is 16.8. The average Bonchev–Trinajstić information content (AvgIpc) is 3.09. The van der Waals surface area contributed by atoms with Crippen LogP contribution >= 0.6 is 0 Å². The Kier molecular flexibility index (Phi) is 13.7. The molecule has 0 spiro atoms. The van der Waals surface area contributed by atoms with Gasteiger partial charge < -0.3 is 29.2 Å². The number of benzene rings is 1. The molecule has 0 saturated carbocycles. The maximum atomic E-state index is 13.1. The van der Waals surface area contributed by atoms with Crippen LogP contribution in [0.1, 0.15) is 83.6 Å². The van der Waals surface area contributed by atoms with Crippen LogP contribution in [0, 0.1) is 6.92 Å². The summed E-state index contributed by atoms with van der Waals surface area (Å²) in [4.78, 5) is 50.3. The standard InChI is InChI=1S/C39H48O10/c1-6-10-12-14-18-36(48-32(40)8-3)20-24-38(44,25-21-36)34(42)46-30-16-17-31(29(5)28-30)47-35(43)39(45)26-22-37(23-27-39,49-33(41)9-4)19-15-13-11-7-2/h8-9,16-17,20-28,44-45H,3-4,6-7,10-15,18-19H2,1-2,5H3. The molecule has 0 atom stereocenters. The quantitative estimate of drug-likeness (QED) is 0.0589. The summed E-state index contributed by atoms with van der Waals surface area (Å²) in [5, 5.41) is 22.2. The highest BCUT2D eigenvalue weighted by Crippen LogP contribution is 2.34. The maximum Gasteiger partial charge on any atom is 0.351 e. The van der Waals surface area contributed by atoms with E-state index in [1.54, 1.807) is 6.92 Å². The first-order valence-corrected chi connectivity index (χ1v) is 16.8. The number of aryl methyl sites for hydroxylation is 1. The Morgan fingerprint density at radius 3 is 1.47 bits per heavy atom. The molecule has 0 aliphatic heterocycles. The first-order chi connectivity index (χ1) is 23.3. The zero-order chi connectivity index (χ0) is 36.1. The molecule has 0 radical (unpaired) electrons. The van der Waals surface area contributed by atoms with Gasteiger partial charge in [0, 0.05) is 12.2 Å². The summed E-state index contributed by atoms with van der Waals surface area (Å²) in [7, 11) is 0. The Balaban J connectivity index is 1.68. The number of hydrogen-bond donors (Lipinski definition) is 2. The molecule has 1 aromatic rings. The Labute approximate surface area is 288 Å². The van der Waals surface area contributed by atoms with Gasteiger partial charge in [0.1, 0.15) is 22.7 Å². The third kappa shape index (κ3) is 10.5. The topological polar surface area (TPSA) is 146 Å². The summed E-state index contributed by atoms with van der Waals surface area (Å²) in [6.45, 7) is 12.7. The van der Waals surface area contributed by atoms with Crippen LogP contribution < -0.4 is 9.47 Å². The number of carbonyl (C=O) groups is 4. The smallest absolute Gasteiger partial charge is 0.351 e. The van der Waals surface area contributed by atoms with Crippen LogP contribution in [0.5, 0.6) is 11.5 Å². The lowest BCUT2D eigenvalue weighted by molar-refractivity contribution is -0.149. The molecule has 0 saturated heterocycles. The Morgan fingerprint density at radius 1 is 0.653 bits per heavy atom. The van der Waals surface area contributed by atoms with Crippen LogP contribution in [-0.2, 0) is 28.7 Å². The third-order valence-corrected chi connectivity index (χ3v) is 8.45. The Bertz CT molecular complexity index is 1480. The van der Waals surface area contributed by atoms with Gasteiger partial charge >= 0.3 is 23.9 Å². The molecule has 0 heterocycles. The molecule has 49 heavy (non-hydrogen) atoms. The van der Waals surface area contributed by atoms with Crippen molar-refractivity contribution in [1.82, 2.24) is 0 Å². The van der Waals surface area contributed by atoms with Gasteiger partial charge in [-0.15, -0.1) is 0 Å². The van der Waals surface area contributed by atoms with E-state index >= 15 is 0 Å². The van der Waals surface area contributed by atoms with Gasteiger partial charge in [-0.25, -0.2) is 19.2 Å². The molecule has 264 valence electrons. The lowest BCUT2D eigenvalue weighted by Crippen LogP contribution is -2.43. The first kappa shape index (κ1) is 38.9. The lowest BCUT2D eigenvalue weighted by Gasteiger charge is -2.33. The average molecular weight is 677 g/mol. The fourth-order valence-electron chi connectivity index (χ4n) is 5.42. The number of rotatable bonds is 18. The molecule has 3 rings (SSSR count). The molecule has 2 aliphatic carbocycles. The van der Waals surface area contributed by atoms with E-state index in [0.29, 0.717) is 18.4 Å². The van der Waals surface area contributed by atoms with Gasteiger partial charge in [0.15, 0.2) is 11.2 Å². The van der Waals surface area contributed by atoms with Crippen molar-refractivity contribution in [3.63, 3.8) is 0 Å². The lowest BCUT2D eigenvalue weighted by atomic mass is 9.85. The van der Waals surface area contributed by atoms with Gasteiger partial charge in [0.25, 0.3) is 0 Å². The van der Waals surface area contributed by atoms with Crippen LogP contribution in [0.25, 0.3) is 0 Å². The third-order valence-electron chi connectivity index (χ3n) is 8.45. The van der Waals surface area contributed by atoms with Gasteiger partial charge in [-0.1, -0.05) is 65.5 Å². The van der Waals surface area contributed by atoms with Crippen LogP contribution in [-0.4, -0.2) is 56.5 Å². The molecular weight excluding hydrogens is 628 g/mol. The molecule has 1 aromatic carbocycles. The Hall–Kier alpha value is -4.54. The molecule has 0 fully saturated rings. The minimum atomic E-state index is -2.13. The molecule has 0 aromatic heterocycles. The summed E-state index contributed by atoms with van der Waals surface area (Å²) >= 11 is 0. The number of hydrogen-bond acceptors (Lipinski definition) is 10. The molecule has 0 unspecified atom stereocenters. The van der Waals surface area contributed by atoms with Gasteiger partial charge in [-0.05, 0) is 105 Å². The molecule has 10 nitrogen and oxygen atoms in total. The summed E-state index contributed by atoms with van der Waals surface area (Å²) < 4.78 is 22.1. The van der Waals surface area contributed by atoms with Gasteiger partial charge in [-0.2, -0.15) is 0 Å². The summed E-state index contributed by atoms with van der Waals surface area (Å²) in [5.41, 5.74) is -6.11. The van der Waals surface area contributed by atoms with Crippen molar-refractivity contribution in [3.05, 3.63) is 97.7 Å². The molecule has 2 aliphatic rings. The summed E-state index contributed by atoms with van der Waals surface area (Å²) in [5.74, 6) is -3.08. The zero-order valence-corrected chi connectivity index (χ0v) is 28.7. The normalized spacial score (nSPS) is 25.3. The summed E-state index contributed by atoms with van der Waals surface area (Å²) in [6, 6.07) is 4.21. The van der Waals surface area contributed by atoms with Crippen molar-refractivity contribution in [3.8, 4) is 11.5 Å². The number of unbranched alkanes of at least 4 members (excludes halogenated alkanes) is 6. The predicted octanol–water partition coefficient (Wildman–Crippen LogP) is 6.40. The van der Waals surface area contributed by atoms with Gasteiger partial charge in [0.2, 0.25) is 0 Å². The number of carbonyl (C=O) groups excluding carboxylic acids is 4. The van der Waals surface area contributed by atoms with Crippen LogP contribution in [0.4, 0.5) is 0 Å². The zero-order valence-electron chi connectivity index (χ0n) is 28.7. The van der Waals surface area contributed by atoms with Gasteiger partial charge in [-0.3, -0.25) is 0 Å². The van der Waals surface area contributed by atoms with E-state index in [1.165, 1.54) is 66.8 Å². The number of esters is 4. The predicted molar refractivity (Wildman–Crippen MR) is 184 cm³/mol. The van der Waals surface area contributed by atoms with E-state index in [1.807, 2.05) is 0 Å². The van der Waals surface area contributed by atoms with E-state index in [-0.39, 0.29) is 11.5 Å². The highest BCUT2D eigenvalue weighted by Gasteiger charge is 2.42. The van der Waals surface area contributed by atoms with Crippen molar-refractivity contribution >= 4 is 23.9 Å². The molecule has 0 amide bonds. The maximum absolute atomic E-state index is 13.1. The molecule has 2 N–H and O–H groups in total. The monoisotopic (exact) mass is 676 g/mol. The fourth-order valence-corrected chi connectivity index (χ4v) is 5.42. The van der Waals surface area contributed by atoms with Crippen LogP contribution in [0.15, 0.2) is 92.1 Å². The fraction of sp³-hybridized carbons (Fsp3) is 0.436. The molecule has 10 heteroatoms. The van der Waals surface area contributed by atoms with Crippen LogP contribution in [0.3, 0.4) is 0 Å². The van der Waals surface area contributed by atoms with Crippen molar-refractivity contribution in [2.45, 2.75) is 107 Å². The largest absolute Gasteiger partial charge is 0.447 e. The number of ether oxygens (including phenoxy) is 4. The number of aliphatic hydroxyl groups is 2. The van der Waals surface area contributed by atoms with E-state index in [2.05, 4.69) is 27.0 Å². The summed E-state index contributed by atoms with van der Waals surface area (Å²) in [6.07, 6.45) is 21.4. The van der Waals surface area contributed by atoms with E-state index in [9.17, 15) is 29.4 Å². The van der Waals surface area contributed by atoms with Crippen molar-refractivity contribution in [2.24, 2.45) is 0 Å². The van der Waals surface area contributed by atoms with Crippen molar-refractivity contribution in [1.29, 1.82) is 0 Å². The van der Waals surface area contributed by atoms with E-state index in [0.717, 1.165) is 63.5 Å². The molecular formula is C39H48O10. The SMILES string of the molecule is C=CC(=O)OC1(CCCCCC)C=CC(O)(C(=O)Oc2ccc(OC(=O)C3(O)C=CC(CCCCCC)(OC(=O)C=C)C=C3)c(C)c2)C=C1. The van der Waals surface area contributed by atoms with Crippen LogP contribution in [0.2, 0.25) is 0 Å². The van der Waals surface area contributed by atoms with Crippen molar-refractivity contribution in [2.75, 3.05) is 0 Å². The van der Waals surface area contributed by atoms with Crippen molar-refractivity contribution < 1.29 is 48.3 Å². The van der Waals surface area contributed by atoms with Gasteiger partial charge in [0.05, 0.1) is 0 Å². The highest BCUT2D eigenvalue weighted by molar-refractivity contribution is 5.88. The minimum absolute atomic E-state index is 0.0695. The second-order valence-corrected chi connectivity index (χ2v) is 12.5. The second kappa shape index (κ2) is 17.2. The van der Waals surface area contributed by atoms with E-state index in [4.69, 9.17) is 18.9 Å². The minimum Gasteiger partial charge on any atom is -0.447 e.